The van der Waals surface area contributed by atoms with Crippen molar-refractivity contribution in [2.45, 2.75) is 38.0 Å². The molecule has 1 heterocycles. The summed E-state index contributed by atoms with van der Waals surface area (Å²) in [5, 5.41) is 9.91. The lowest BCUT2D eigenvalue weighted by Gasteiger charge is -2.33. The van der Waals surface area contributed by atoms with E-state index in [-0.39, 0.29) is 25.7 Å². The standard InChI is InChI=1S/C11H20N2O6S/c1-3-19-11(16)12-9-5-4-6-13(7-9)20(17,18)8(2)10(14)15/h8-9H,3-7H2,1-2H3,(H,12,16)(H,14,15). The summed E-state index contributed by atoms with van der Waals surface area (Å²) in [6, 6.07) is -0.362. The Bertz CT molecular complexity index is 464. The number of amides is 1. The summed E-state index contributed by atoms with van der Waals surface area (Å²) in [7, 11) is -3.90. The van der Waals surface area contributed by atoms with Crippen molar-refractivity contribution < 1.29 is 27.9 Å². The summed E-state index contributed by atoms with van der Waals surface area (Å²) in [6.45, 7) is 3.38. The van der Waals surface area contributed by atoms with Crippen molar-refractivity contribution in [3.63, 3.8) is 0 Å². The van der Waals surface area contributed by atoms with Gasteiger partial charge in [-0.1, -0.05) is 0 Å². The lowest BCUT2D eigenvalue weighted by atomic mass is 10.1. The molecule has 1 aliphatic heterocycles. The Labute approximate surface area is 118 Å². The van der Waals surface area contributed by atoms with Gasteiger partial charge in [0.25, 0.3) is 0 Å². The molecule has 2 atom stereocenters. The molecule has 0 radical (unpaired) electrons. The van der Waals surface area contributed by atoms with Crippen LogP contribution in [0.15, 0.2) is 0 Å². The molecule has 0 saturated carbocycles. The summed E-state index contributed by atoms with van der Waals surface area (Å²) in [5.74, 6) is -1.38. The fourth-order valence-electron chi connectivity index (χ4n) is 1.98. The molecule has 1 amide bonds. The van der Waals surface area contributed by atoms with Crippen LogP contribution in [-0.4, -0.2) is 60.9 Å². The van der Waals surface area contributed by atoms with Crippen molar-refractivity contribution >= 4 is 22.1 Å². The predicted octanol–water partition coefficient (Wildman–Crippen LogP) is -0.000200. The zero-order valence-electron chi connectivity index (χ0n) is 11.5. The second-order valence-corrected chi connectivity index (χ2v) is 6.84. The van der Waals surface area contributed by atoms with Gasteiger partial charge < -0.3 is 15.2 Å². The summed E-state index contributed by atoms with van der Waals surface area (Å²) in [6.07, 6.45) is 0.595. The van der Waals surface area contributed by atoms with Crippen molar-refractivity contribution in [3.8, 4) is 0 Å². The zero-order chi connectivity index (χ0) is 15.3. The number of hydrogen-bond donors (Lipinski definition) is 2. The highest BCUT2D eigenvalue weighted by molar-refractivity contribution is 7.90. The van der Waals surface area contributed by atoms with Crippen LogP contribution < -0.4 is 5.32 Å². The normalized spacial score (nSPS) is 22.0. The quantitative estimate of drug-likeness (QED) is 0.739. The van der Waals surface area contributed by atoms with E-state index in [1.54, 1.807) is 6.92 Å². The van der Waals surface area contributed by atoms with Gasteiger partial charge in [0.05, 0.1) is 6.61 Å². The van der Waals surface area contributed by atoms with E-state index in [1.165, 1.54) is 0 Å². The monoisotopic (exact) mass is 308 g/mol. The van der Waals surface area contributed by atoms with E-state index < -0.39 is 27.3 Å². The summed E-state index contributed by atoms with van der Waals surface area (Å²) < 4.78 is 30.0. The van der Waals surface area contributed by atoms with Gasteiger partial charge in [-0.3, -0.25) is 4.79 Å². The Kier molecular flexibility index (Phi) is 5.75. The summed E-state index contributed by atoms with van der Waals surface area (Å²) in [4.78, 5) is 22.2. The first kappa shape index (κ1) is 16.7. The van der Waals surface area contributed by atoms with E-state index in [4.69, 9.17) is 9.84 Å². The number of hydrogen-bond acceptors (Lipinski definition) is 5. The van der Waals surface area contributed by atoms with Gasteiger partial charge in [-0.15, -0.1) is 0 Å². The number of rotatable bonds is 5. The minimum absolute atomic E-state index is 0.0682. The number of carbonyl (C=O) groups is 2. The van der Waals surface area contributed by atoms with Crippen molar-refractivity contribution in [3.05, 3.63) is 0 Å². The number of aliphatic carboxylic acids is 1. The second kappa shape index (κ2) is 6.89. The van der Waals surface area contributed by atoms with Crippen LogP contribution in [0.1, 0.15) is 26.7 Å². The molecule has 1 rings (SSSR count). The van der Waals surface area contributed by atoms with Crippen LogP contribution >= 0.6 is 0 Å². The van der Waals surface area contributed by atoms with Crippen LogP contribution in [0.5, 0.6) is 0 Å². The molecule has 8 nitrogen and oxygen atoms in total. The third-order valence-electron chi connectivity index (χ3n) is 3.14. The summed E-state index contributed by atoms with van der Waals surface area (Å²) >= 11 is 0. The highest BCUT2D eigenvalue weighted by atomic mass is 32.2. The van der Waals surface area contributed by atoms with E-state index in [9.17, 15) is 18.0 Å². The number of piperidine rings is 1. The Hall–Kier alpha value is -1.35. The zero-order valence-corrected chi connectivity index (χ0v) is 12.4. The summed E-state index contributed by atoms with van der Waals surface area (Å²) in [5.41, 5.74) is 0. The lowest BCUT2D eigenvalue weighted by molar-refractivity contribution is -0.136. The van der Waals surface area contributed by atoms with Crippen molar-refractivity contribution in [2.75, 3.05) is 19.7 Å². The predicted molar refractivity (Wildman–Crippen MR) is 70.8 cm³/mol. The molecular formula is C11H20N2O6S. The van der Waals surface area contributed by atoms with Gasteiger partial charge in [0.15, 0.2) is 5.25 Å². The van der Waals surface area contributed by atoms with Gasteiger partial charge in [0.2, 0.25) is 10.0 Å². The third-order valence-corrected chi connectivity index (χ3v) is 5.28. The number of carbonyl (C=O) groups excluding carboxylic acids is 1. The first-order valence-corrected chi connectivity index (χ1v) is 7.94. The molecule has 2 unspecified atom stereocenters. The van der Waals surface area contributed by atoms with E-state index >= 15 is 0 Å². The fraction of sp³-hybridized carbons (Fsp3) is 0.818. The second-order valence-electron chi connectivity index (χ2n) is 4.59. The smallest absolute Gasteiger partial charge is 0.407 e. The van der Waals surface area contributed by atoms with E-state index in [0.717, 1.165) is 11.2 Å². The molecular weight excluding hydrogens is 288 g/mol. The lowest BCUT2D eigenvalue weighted by Crippen LogP contribution is -2.52. The minimum Gasteiger partial charge on any atom is -0.480 e. The molecule has 9 heteroatoms. The molecule has 116 valence electrons. The first-order chi connectivity index (χ1) is 9.28. The molecule has 1 saturated heterocycles. The number of nitrogens with zero attached hydrogens (tertiary/aromatic N) is 1. The number of carboxylic acids is 1. The largest absolute Gasteiger partial charge is 0.480 e. The average Bonchev–Trinajstić information content (AvgIpc) is 2.38. The van der Waals surface area contributed by atoms with Crippen molar-refractivity contribution in [1.29, 1.82) is 0 Å². The van der Waals surface area contributed by atoms with Gasteiger partial charge >= 0.3 is 12.1 Å². The highest BCUT2D eigenvalue weighted by Crippen LogP contribution is 2.17. The van der Waals surface area contributed by atoms with Crippen LogP contribution in [0.3, 0.4) is 0 Å². The Morgan fingerprint density at radius 1 is 1.50 bits per heavy atom. The Balaban J connectivity index is 2.69. The molecule has 1 aliphatic rings. The molecule has 0 bridgehead atoms. The number of sulfonamides is 1. The number of nitrogens with one attached hydrogen (secondary N) is 1. The topological polar surface area (TPSA) is 113 Å². The van der Waals surface area contributed by atoms with Gasteiger partial charge in [-0.25, -0.2) is 13.2 Å². The minimum atomic E-state index is -3.90. The number of alkyl carbamates (subject to hydrolysis) is 1. The first-order valence-electron chi connectivity index (χ1n) is 6.44. The van der Waals surface area contributed by atoms with Crippen LogP contribution in [0, 0.1) is 0 Å². The third kappa shape index (κ3) is 4.07. The Morgan fingerprint density at radius 2 is 2.15 bits per heavy atom. The SMILES string of the molecule is CCOC(=O)NC1CCCN(S(=O)(=O)C(C)C(=O)O)C1. The number of carboxylic acid groups (broad SMARTS) is 1. The maximum atomic E-state index is 12.1. The highest BCUT2D eigenvalue weighted by Gasteiger charge is 2.36. The van der Waals surface area contributed by atoms with Crippen LogP contribution in [0.2, 0.25) is 0 Å². The maximum Gasteiger partial charge on any atom is 0.407 e. The average molecular weight is 308 g/mol. The maximum absolute atomic E-state index is 12.1. The van der Waals surface area contributed by atoms with Crippen LogP contribution in [0.25, 0.3) is 0 Å². The number of ether oxygens (including phenoxy) is 1. The van der Waals surface area contributed by atoms with Crippen LogP contribution in [0.4, 0.5) is 4.79 Å². The van der Waals surface area contributed by atoms with E-state index in [2.05, 4.69) is 5.32 Å². The molecule has 0 aromatic carbocycles. The van der Waals surface area contributed by atoms with Gasteiger partial charge in [0, 0.05) is 19.1 Å². The van der Waals surface area contributed by atoms with E-state index in [1.807, 2.05) is 0 Å². The fourth-order valence-corrected chi connectivity index (χ4v) is 3.46. The molecule has 1 fully saturated rings. The van der Waals surface area contributed by atoms with Gasteiger partial charge in [0.1, 0.15) is 0 Å². The van der Waals surface area contributed by atoms with Crippen molar-refractivity contribution in [2.24, 2.45) is 0 Å². The molecule has 20 heavy (non-hydrogen) atoms. The molecule has 0 aromatic rings. The molecule has 0 spiro atoms. The Morgan fingerprint density at radius 3 is 2.70 bits per heavy atom. The van der Waals surface area contributed by atoms with Gasteiger partial charge in [-0.05, 0) is 26.7 Å². The van der Waals surface area contributed by atoms with Crippen LogP contribution in [-0.2, 0) is 19.6 Å². The molecule has 0 aromatic heterocycles. The molecule has 2 N–H and O–H groups in total. The van der Waals surface area contributed by atoms with Gasteiger partial charge in [-0.2, -0.15) is 4.31 Å². The van der Waals surface area contributed by atoms with Crippen molar-refractivity contribution in [1.82, 2.24) is 9.62 Å². The van der Waals surface area contributed by atoms with E-state index in [0.29, 0.717) is 12.8 Å². The molecule has 0 aliphatic carbocycles.